The van der Waals surface area contributed by atoms with Crippen LogP contribution >= 0.6 is 0 Å². The summed E-state index contributed by atoms with van der Waals surface area (Å²) in [4.78, 5) is 26.6. The van der Waals surface area contributed by atoms with Gasteiger partial charge in [-0.1, -0.05) is 273 Å². The van der Waals surface area contributed by atoms with E-state index in [2.05, 4.69) is 86.8 Å². The molecule has 1 rings (SSSR count). The SMILES string of the molecule is CCCCC/C=C\C/C=C\C/C=C\CCCCCCC(=O)OC1C(OCC(NC(=O)C(O)CCCCCCCCCCCCCCCC/C=C\C/C=C\CCCCC)C(O)/C=C/CCCCCCCCCCCC)OC(CO)C(O)C1O. The summed E-state index contributed by atoms with van der Waals surface area (Å²) in [5, 5.41) is 57.1. The number of amides is 1. The number of unbranched alkanes of at least 4 members (excludes halogenated alkanes) is 34. The molecule has 0 aliphatic carbocycles. The van der Waals surface area contributed by atoms with E-state index >= 15 is 0 Å². The number of rotatable bonds is 58. The summed E-state index contributed by atoms with van der Waals surface area (Å²) < 4.78 is 17.6. The Balaban J connectivity index is 2.60. The van der Waals surface area contributed by atoms with Crippen LogP contribution in [0.25, 0.3) is 0 Å². The third-order valence-corrected chi connectivity index (χ3v) is 15.8. The fraction of sp³-hybridized carbons (Fsp3) is 0.803. The lowest BCUT2D eigenvalue weighted by molar-refractivity contribution is -0.305. The smallest absolute Gasteiger partial charge is 0.306 e. The topological polar surface area (TPSA) is 175 Å². The van der Waals surface area contributed by atoms with Gasteiger partial charge in [0.05, 0.1) is 25.4 Å². The van der Waals surface area contributed by atoms with Crippen LogP contribution < -0.4 is 5.32 Å². The maximum atomic E-state index is 13.5. The van der Waals surface area contributed by atoms with E-state index in [1.54, 1.807) is 6.08 Å². The predicted octanol–water partition coefficient (Wildman–Crippen LogP) is 17.1. The first-order valence-electron chi connectivity index (χ1n) is 34.2. The minimum atomic E-state index is -1.63. The molecule has 11 heteroatoms. The summed E-state index contributed by atoms with van der Waals surface area (Å²) >= 11 is 0. The molecule has 1 aliphatic rings. The fourth-order valence-corrected chi connectivity index (χ4v) is 10.4. The Morgan fingerprint density at radius 3 is 1.28 bits per heavy atom. The van der Waals surface area contributed by atoms with Crippen LogP contribution in [0.3, 0.4) is 0 Å². The molecule has 1 heterocycles. The minimum absolute atomic E-state index is 0.0969. The van der Waals surface area contributed by atoms with Crippen LogP contribution in [0.15, 0.2) is 72.9 Å². The molecular formula is C71H127NO10. The Bertz CT molecular complexity index is 1610. The number of allylic oxidation sites excluding steroid dienone is 11. The maximum Gasteiger partial charge on any atom is 0.306 e. The average molecular weight is 1150 g/mol. The summed E-state index contributed by atoms with van der Waals surface area (Å²) in [5.41, 5.74) is 0. The summed E-state index contributed by atoms with van der Waals surface area (Å²) in [6.45, 7) is 5.75. The first kappa shape index (κ1) is 77.1. The molecule has 1 aliphatic heterocycles. The third-order valence-electron chi connectivity index (χ3n) is 15.8. The summed E-state index contributed by atoms with van der Waals surface area (Å²) in [6, 6.07) is -1.03. The molecule has 1 saturated heterocycles. The van der Waals surface area contributed by atoms with Gasteiger partial charge in [-0.05, 0) is 96.3 Å². The summed E-state index contributed by atoms with van der Waals surface area (Å²) in [7, 11) is 0. The largest absolute Gasteiger partial charge is 0.454 e. The Kier molecular flexibility index (Phi) is 55.0. The summed E-state index contributed by atoms with van der Waals surface area (Å²) in [5.74, 6) is -1.21. The standard InChI is InChI=1S/C71H127NO10/c1-4-7-10-13-16-19-22-25-27-29-30-31-32-33-34-35-37-38-40-43-46-49-52-55-58-64(75)70(79)72-62(63(74)57-54-51-48-45-42-24-21-18-15-12-9-6-3)61-80-71-69(68(78)67(77)65(60-73)81-71)82-66(76)59-56-53-50-47-44-41-39-36-28-26-23-20-17-14-11-8-5-2/h16-17,19-20,25-28,39,41,54,57,62-65,67-69,71,73-75,77-78H,4-15,18,21-24,29-38,40,42-53,55-56,58-61H2,1-3H3,(H,72,79)/b19-16-,20-17-,27-25-,28-26-,41-39-,57-54+. The van der Waals surface area contributed by atoms with E-state index in [-0.39, 0.29) is 19.4 Å². The second kappa shape index (κ2) is 58.5. The predicted molar refractivity (Wildman–Crippen MR) is 343 cm³/mol. The van der Waals surface area contributed by atoms with Crippen LogP contribution in [0.4, 0.5) is 0 Å². The van der Waals surface area contributed by atoms with Crippen molar-refractivity contribution < 1.29 is 49.3 Å². The molecule has 11 nitrogen and oxygen atoms in total. The second-order valence-corrected chi connectivity index (χ2v) is 23.6. The number of esters is 1. The first-order valence-corrected chi connectivity index (χ1v) is 34.2. The Hall–Kier alpha value is -2.90. The van der Waals surface area contributed by atoms with Crippen molar-refractivity contribution in [3.8, 4) is 0 Å². The molecule has 0 aromatic heterocycles. The minimum Gasteiger partial charge on any atom is -0.454 e. The second-order valence-electron chi connectivity index (χ2n) is 23.6. The lowest BCUT2D eigenvalue weighted by atomic mass is 9.99. The Morgan fingerprint density at radius 1 is 0.476 bits per heavy atom. The highest BCUT2D eigenvalue weighted by atomic mass is 16.7. The van der Waals surface area contributed by atoms with Crippen molar-refractivity contribution in [1.29, 1.82) is 0 Å². The molecule has 8 unspecified atom stereocenters. The van der Waals surface area contributed by atoms with Crippen molar-refractivity contribution in [2.24, 2.45) is 0 Å². The van der Waals surface area contributed by atoms with Crippen LogP contribution in [-0.4, -0.2) is 99.6 Å². The number of carbonyl (C=O) groups excluding carboxylic acids is 2. The molecule has 6 N–H and O–H groups in total. The van der Waals surface area contributed by atoms with Gasteiger partial charge in [0.2, 0.25) is 5.91 Å². The summed E-state index contributed by atoms with van der Waals surface area (Å²) in [6.07, 6.45) is 65.1. The lowest BCUT2D eigenvalue weighted by Crippen LogP contribution is -2.61. The van der Waals surface area contributed by atoms with E-state index in [9.17, 15) is 35.1 Å². The quantitative estimate of drug-likeness (QED) is 0.0195. The average Bonchev–Trinajstić information content (AvgIpc) is 3.60. The van der Waals surface area contributed by atoms with Crippen molar-refractivity contribution in [3.63, 3.8) is 0 Å². The lowest BCUT2D eigenvalue weighted by Gasteiger charge is -2.41. The fourth-order valence-electron chi connectivity index (χ4n) is 10.4. The number of hydrogen-bond donors (Lipinski definition) is 6. The van der Waals surface area contributed by atoms with Gasteiger partial charge >= 0.3 is 5.97 Å². The molecule has 1 amide bonds. The monoisotopic (exact) mass is 1150 g/mol. The molecule has 82 heavy (non-hydrogen) atoms. The van der Waals surface area contributed by atoms with Gasteiger partial charge in [0.25, 0.3) is 0 Å². The van der Waals surface area contributed by atoms with Gasteiger partial charge < -0.3 is 45.1 Å². The van der Waals surface area contributed by atoms with Gasteiger partial charge in [0.1, 0.15) is 24.4 Å². The van der Waals surface area contributed by atoms with Crippen molar-refractivity contribution >= 4 is 11.9 Å². The highest BCUT2D eigenvalue weighted by molar-refractivity contribution is 5.80. The van der Waals surface area contributed by atoms with Gasteiger partial charge in [-0.25, -0.2) is 0 Å². The van der Waals surface area contributed by atoms with E-state index in [0.717, 1.165) is 89.9 Å². The van der Waals surface area contributed by atoms with Crippen molar-refractivity contribution in [1.82, 2.24) is 5.32 Å². The number of aliphatic hydroxyl groups excluding tert-OH is 5. The normalized spacial score (nSPS) is 19.0. The number of carbonyl (C=O) groups is 2. The van der Waals surface area contributed by atoms with Gasteiger partial charge in [-0.3, -0.25) is 9.59 Å². The molecule has 0 aromatic rings. The van der Waals surface area contributed by atoms with Crippen molar-refractivity contribution in [2.45, 2.75) is 352 Å². The van der Waals surface area contributed by atoms with Gasteiger partial charge in [-0.15, -0.1) is 0 Å². The van der Waals surface area contributed by atoms with Crippen molar-refractivity contribution in [2.75, 3.05) is 13.2 Å². The number of nitrogens with one attached hydrogen (secondary N) is 1. The molecule has 1 fully saturated rings. The number of hydrogen-bond acceptors (Lipinski definition) is 10. The van der Waals surface area contributed by atoms with E-state index in [1.165, 1.54) is 167 Å². The van der Waals surface area contributed by atoms with E-state index in [0.29, 0.717) is 12.8 Å². The van der Waals surface area contributed by atoms with Crippen molar-refractivity contribution in [3.05, 3.63) is 72.9 Å². The highest BCUT2D eigenvalue weighted by Gasteiger charge is 2.47. The first-order chi connectivity index (χ1) is 40.2. The molecular weight excluding hydrogens is 1030 g/mol. The number of ether oxygens (including phenoxy) is 3. The van der Waals surface area contributed by atoms with E-state index in [1.807, 2.05) is 6.08 Å². The molecule has 8 atom stereocenters. The van der Waals surface area contributed by atoms with Crippen LogP contribution in [0.2, 0.25) is 0 Å². The third kappa shape index (κ3) is 45.5. The molecule has 0 saturated carbocycles. The van der Waals surface area contributed by atoms with Gasteiger partial charge in [0, 0.05) is 6.42 Å². The highest BCUT2D eigenvalue weighted by Crippen LogP contribution is 2.26. The number of aliphatic hydroxyl groups is 5. The molecule has 0 bridgehead atoms. The molecule has 0 aromatic carbocycles. The van der Waals surface area contributed by atoms with Crippen LogP contribution in [-0.2, 0) is 23.8 Å². The van der Waals surface area contributed by atoms with E-state index in [4.69, 9.17) is 14.2 Å². The molecule has 0 spiro atoms. The van der Waals surface area contributed by atoms with Gasteiger partial charge in [0.15, 0.2) is 12.4 Å². The molecule has 0 radical (unpaired) electrons. The van der Waals surface area contributed by atoms with Crippen LogP contribution in [0, 0.1) is 0 Å². The van der Waals surface area contributed by atoms with Gasteiger partial charge in [-0.2, -0.15) is 0 Å². The van der Waals surface area contributed by atoms with Crippen LogP contribution in [0.5, 0.6) is 0 Å². The zero-order valence-corrected chi connectivity index (χ0v) is 52.9. The Labute approximate surface area is 502 Å². The Morgan fingerprint density at radius 2 is 0.841 bits per heavy atom. The maximum absolute atomic E-state index is 13.5. The zero-order valence-electron chi connectivity index (χ0n) is 52.9. The zero-order chi connectivity index (χ0) is 59.6. The van der Waals surface area contributed by atoms with Crippen LogP contribution in [0.1, 0.15) is 303 Å². The van der Waals surface area contributed by atoms with E-state index < -0.39 is 67.4 Å². The molecule has 476 valence electrons.